The highest BCUT2D eigenvalue weighted by atomic mass is 14.9. The molecule has 0 aromatic carbocycles. The van der Waals surface area contributed by atoms with Crippen LogP contribution in [-0.4, -0.2) is 12.1 Å². The Labute approximate surface area is 83.3 Å². The van der Waals surface area contributed by atoms with E-state index in [1.165, 1.54) is 25.7 Å². The first kappa shape index (κ1) is 11.0. The van der Waals surface area contributed by atoms with Crippen LogP contribution in [0.25, 0.3) is 0 Å². The molecule has 13 heavy (non-hydrogen) atoms. The summed E-state index contributed by atoms with van der Waals surface area (Å²) in [5.74, 6) is 1.90. The predicted molar refractivity (Wildman–Crippen MR) is 58.9 cm³/mol. The third-order valence-corrected chi connectivity index (χ3v) is 3.36. The van der Waals surface area contributed by atoms with Gasteiger partial charge in [0.2, 0.25) is 0 Å². The van der Waals surface area contributed by atoms with Crippen LogP contribution in [0, 0.1) is 11.8 Å². The van der Waals surface area contributed by atoms with Crippen molar-refractivity contribution in [2.75, 3.05) is 0 Å². The molecule has 1 N–H and O–H groups in total. The zero-order chi connectivity index (χ0) is 9.84. The van der Waals surface area contributed by atoms with E-state index in [4.69, 9.17) is 0 Å². The van der Waals surface area contributed by atoms with Crippen LogP contribution >= 0.6 is 0 Å². The fraction of sp³-hybridized carbons (Fsp3) is 1.00. The molecule has 1 heteroatoms. The molecule has 1 saturated carbocycles. The van der Waals surface area contributed by atoms with Gasteiger partial charge in [-0.3, -0.25) is 0 Å². The molecule has 1 aliphatic rings. The molecule has 0 aliphatic heterocycles. The Bertz CT molecular complexity index is 134. The lowest BCUT2D eigenvalue weighted by molar-refractivity contribution is 0.232. The lowest BCUT2D eigenvalue weighted by atomic mass is 9.79. The number of rotatable bonds is 3. The van der Waals surface area contributed by atoms with Crippen molar-refractivity contribution in [2.45, 2.75) is 65.5 Å². The topological polar surface area (TPSA) is 12.0 Å². The van der Waals surface area contributed by atoms with Gasteiger partial charge in [0, 0.05) is 12.1 Å². The molecule has 0 heterocycles. The van der Waals surface area contributed by atoms with Gasteiger partial charge in [-0.05, 0) is 31.6 Å². The molecule has 78 valence electrons. The second-order valence-electron chi connectivity index (χ2n) is 5.13. The average molecular weight is 183 g/mol. The van der Waals surface area contributed by atoms with Crippen LogP contribution in [0.2, 0.25) is 0 Å². The summed E-state index contributed by atoms with van der Waals surface area (Å²) >= 11 is 0. The molecule has 0 aromatic heterocycles. The van der Waals surface area contributed by atoms with Crippen molar-refractivity contribution >= 4 is 0 Å². The fourth-order valence-corrected chi connectivity index (χ4v) is 2.45. The first-order valence-corrected chi connectivity index (χ1v) is 5.85. The summed E-state index contributed by atoms with van der Waals surface area (Å²) in [5, 5.41) is 3.63. The molecule has 0 spiro atoms. The summed E-state index contributed by atoms with van der Waals surface area (Å²) in [7, 11) is 0. The normalized spacial score (nSPS) is 32.1. The molecular formula is C12H25N. The van der Waals surface area contributed by atoms with E-state index >= 15 is 0 Å². The number of nitrogens with one attached hydrogen (secondary N) is 1. The van der Waals surface area contributed by atoms with Crippen molar-refractivity contribution in [2.24, 2.45) is 11.8 Å². The molecule has 0 aromatic rings. The van der Waals surface area contributed by atoms with E-state index in [2.05, 4.69) is 33.0 Å². The van der Waals surface area contributed by atoms with Gasteiger partial charge in [-0.25, -0.2) is 0 Å². The second kappa shape index (κ2) is 4.99. The third kappa shape index (κ3) is 3.68. The second-order valence-corrected chi connectivity index (χ2v) is 5.13. The Balaban J connectivity index is 2.27. The summed E-state index contributed by atoms with van der Waals surface area (Å²) in [6.45, 7) is 9.21. The third-order valence-electron chi connectivity index (χ3n) is 3.36. The maximum atomic E-state index is 3.63. The van der Waals surface area contributed by atoms with Crippen molar-refractivity contribution in [3.05, 3.63) is 0 Å². The van der Waals surface area contributed by atoms with Gasteiger partial charge in [-0.2, -0.15) is 0 Å². The molecule has 0 unspecified atom stereocenters. The van der Waals surface area contributed by atoms with Crippen LogP contribution in [0.3, 0.4) is 0 Å². The molecular weight excluding hydrogens is 158 g/mol. The molecule has 1 aliphatic carbocycles. The van der Waals surface area contributed by atoms with E-state index in [9.17, 15) is 0 Å². The van der Waals surface area contributed by atoms with Crippen molar-refractivity contribution in [3.8, 4) is 0 Å². The Kier molecular flexibility index (Phi) is 4.24. The van der Waals surface area contributed by atoms with Gasteiger partial charge in [0.1, 0.15) is 0 Å². The van der Waals surface area contributed by atoms with Gasteiger partial charge in [-0.15, -0.1) is 0 Å². The lowest BCUT2D eigenvalue weighted by Crippen LogP contribution is -2.39. The predicted octanol–water partition coefficient (Wildman–Crippen LogP) is 3.20. The molecule has 1 atom stereocenters. The van der Waals surface area contributed by atoms with Gasteiger partial charge in [0.15, 0.2) is 0 Å². The van der Waals surface area contributed by atoms with Gasteiger partial charge in [-0.1, -0.05) is 33.6 Å². The van der Waals surface area contributed by atoms with Crippen LogP contribution in [0.1, 0.15) is 53.4 Å². The van der Waals surface area contributed by atoms with E-state index in [-0.39, 0.29) is 0 Å². The zero-order valence-corrected chi connectivity index (χ0v) is 9.64. The van der Waals surface area contributed by atoms with E-state index in [1.54, 1.807) is 0 Å². The van der Waals surface area contributed by atoms with Crippen LogP contribution < -0.4 is 5.32 Å². The van der Waals surface area contributed by atoms with E-state index in [1.807, 2.05) is 0 Å². The molecule has 1 rings (SSSR count). The minimum absolute atomic E-state index is 0.634. The van der Waals surface area contributed by atoms with Crippen molar-refractivity contribution < 1.29 is 0 Å². The fourth-order valence-electron chi connectivity index (χ4n) is 2.45. The van der Waals surface area contributed by atoms with Crippen LogP contribution in [0.4, 0.5) is 0 Å². The SMILES string of the molecule is CC1CCC([C@H](C)NC(C)C)CC1. The van der Waals surface area contributed by atoms with Crippen molar-refractivity contribution in [1.29, 1.82) is 0 Å². The average Bonchev–Trinajstić information content (AvgIpc) is 2.04. The first-order valence-electron chi connectivity index (χ1n) is 5.85. The number of hydrogen-bond acceptors (Lipinski definition) is 1. The molecule has 0 radical (unpaired) electrons. The van der Waals surface area contributed by atoms with Gasteiger partial charge in [0.05, 0.1) is 0 Å². The number of hydrogen-bond donors (Lipinski definition) is 1. The highest BCUT2D eigenvalue weighted by molar-refractivity contribution is 4.78. The Morgan fingerprint density at radius 1 is 1.00 bits per heavy atom. The molecule has 1 fully saturated rings. The van der Waals surface area contributed by atoms with Crippen LogP contribution in [-0.2, 0) is 0 Å². The van der Waals surface area contributed by atoms with Crippen molar-refractivity contribution in [3.63, 3.8) is 0 Å². The van der Waals surface area contributed by atoms with Crippen LogP contribution in [0.15, 0.2) is 0 Å². The highest BCUT2D eigenvalue weighted by Crippen LogP contribution is 2.30. The smallest absolute Gasteiger partial charge is 0.00693 e. The summed E-state index contributed by atoms with van der Waals surface area (Å²) in [6, 6.07) is 1.35. The molecule has 1 nitrogen and oxygen atoms in total. The standard InChI is InChI=1S/C12H25N/c1-9(2)13-11(4)12-7-5-10(3)6-8-12/h9-13H,5-8H2,1-4H3/t10?,11-,12?/m0/s1. The summed E-state index contributed by atoms with van der Waals surface area (Å²) in [6.07, 6.45) is 5.74. The Morgan fingerprint density at radius 2 is 1.54 bits per heavy atom. The van der Waals surface area contributed by atoms with E-state index in [0.717, 1.165) is 11.8 Å². The molecule has 0 bridgehead atoms. The van der Waals surface area contributed by atoms with E-state index in [0.29, 0.717) is 12.1 Å². The molecule has 0 amide bonds. The Morgan fingerprint density at radius 3 is 2.00 bits per heavy atom. The lowest BCUT2D eigenvalue weighted by Gasteiger charge is -2.32. The summed E-state index contributed by atoms with van der Waals surface area (Å²) < 4.78 is 0. The maximum absolute atomic E-state index is 3.63. The zero-order valence-electron chi connectivity index (χ0n) is 9.64. The quantitative estimate of drug-likeness (QED) is 0.708. The summed E-state index contributed by atoms with van der Waals surface area (Å²) in [5.41, 5.74) is 0. The minimum atomic E-state index is 0.634. The van der Waals surface area contributed by atoms with Gasteiger partial charge >= 0.3 is 0 Å². The monoisotopic (exact) mass is 183 g/mol. The van der Waals surface area contributed by atoms with E-state index < -0.39 is 0 Å². The minimum Gasteiger partial charge on any atom is -0.312 e. The molecule has 0 saturated heterocycles. The highest BCUT2D eigenvalue weighted by Gasteiger charge is 2.23. The van der Waals surface area contributed by atoms with Gasteiger partial charge < -0.3 is 5.32 Å². The maximum Gasteiger partial charge on any atom is 0.00693 e. The largest absolute Gasteiger partial charge is 0.312 e. The first-order chi connectivity index (χ1) is 6.09. The van der Waals surface area contributed by atoms with Crippen molar-refractivity contribution in [1.82, 2.24) is 5.32 Å². The Hall–Kier alpha value is -0.0400. The van der Waals surface area contributed by atoms with Crippen LogP contribution in [0.5, 0.6) is 0 Å². The van der Waals surface area contributed by atoms with Gasteiger partial charge in [0.25, 0.3) is 0 Å². The summed E-state index contributed by atoms with van der Waals surface area (Å²) in [4.78, 5) is 0.